The Morgan fingerprint density at radius 2 is 1.92 bits per heavy atom. The van der Waals surface area contributed by atoms with Gasteiger partial charge in [-0.1, -0.05) is 0 Å². The lowest BCUT2D eigenvalue weighted by atomic mass is 10.2. The second kappa shape index (κ2) is 5.35. The van der Waals surface area contributed by atoms with Crippen molar-refractivity contribution in [1.29, 1.82) is 0 Å². The molecule has 0 radical (unpaired) electrons. The van der Waals surface area contributed by atoms with Gasteiger partial charge in [-0.3, -0.25) is 0 Å². The lowest BCUT2D eigenvalue weighted by Crippen LogP contribution is -2.24. The highest BCUT2D eigenvalue weighted by Crippen LogP contribution is 2.08. The van der Waals surface area contributed by atoms with E-state index in [-0.39, 0.29) is 19.4 Å². The molecule has 0 unspecified atom stereocenters. The van der Waals surface area contributed by atoms with Crippen LogP contribution in [0.1, 0.15) is 12.8 Å². The zero-order chi connectivity index (χ0) is 9.45. The largest absolute Gasteiger partial charge is 0.347 e. The SMILES string of the molecule is O=C=NCCCC(O)(O)N=C=O. The lowest BCUT2D eigenvalue weighted by molar-refractivity contribution is -0.157. The van der Waals surface area contributed by atoms with Crippen LogP contribution < -0.4 is 0 Å². The van der Waals surface area contributed by atoms with Crippen LogP contribution in [0.3, 0.4) is 0 Å². The first-order chi connectivity index (χ1) is 5.62. The van der Waals surface area contributed by atoms with E-state index in [0.29, 0.717) is 0 Å². The third-order valence-electron chi connectivity index (χ3n) is 1.07. The van der Waals surface area contributed by atoms with E-state index in [1.807, 2.05) is 0 Å². The van der Waals surface area contributed by atoms with Gasteiger partial charge in [0.15, 0.2) is 0 Å². The molecular weight excluding hydrogens is 164 g/mol. The Labute approximate surface area is 68.3 Å². The topological polar surface area (TPSA) is 99.3 Å². The van der Waals surface area contributed by atoms with Crippen LogP contribution in [0.15, 0.2) is 9.98 Å². The van der Waals surface area contributed by atoms with E-state index in [2.05, 4.69) is 9.98 Å². The van der Waals surface area contributed by atoms with Crippen molar-refractivity contribution in [3.05, 3.63) is 0 Å². The first kappa shape index (κ1) is 10.7. The molecule has 0 aliphatic rings. The van der Waals surface area contributed by atoms with Crippen molar-refractivity contribution < 1.29 is 19.8 Å². The van der Waals surface area contributed by atoms with Gasteiger partial charge in [0.25, 0.3) is 5.91 Å². The summed E-state index contributed by atoms with van der Waals surface area (Å²) >= 11 is 0. The highest BCUT2D eigenvalue weighted by atomic mass is 16.5. The molecule has 6 heteroatoms. The highest BCUT2D eigenvalue weighted by Gasteiger charge is 2.20. The van der Waals surface area contributed by atoms with E-state index >= 15 is 0 Å². The number of hydrogen-bond acceptors (Lipinski definition) is 6. The summed E-state index contributed by atoms with van der Waals surface area (Å²) in [6.07, 6.45) is 2.36. The van der Waals surface area contributed by atoms with E-state index in [4.69, 9.17) is 10.2 Å². The number of isocyanates is 2. The third-order valence-corrected chi connectivity index (χ3v) is 1.07. The molecule has 12 heavy (non-hydrogen) atoms. The lowest BCUT2D eigenvalue weighted by Gasteiger charge is -2.12. The van der Waals surface area contributed by atoms with Crippen LogP contribution in [-0.4, -0.2) is 34.8 Å². The number of carbonyl (C=O) groups excluding carboxylic acids is 2. The van der Waals surface area contributed by atoms with Crippen molar-refractivity contribution in [2.45, 2.75) is 18.8 Å². The molecule has 66 valence electrons. The Morgan fingerprint density at radius 1 is 1.25 bits per heavy atom. The average molecular weight is 172 g/mol. The number of rotatable bonds is 5. The Morgan fingerprint density at radius 3 is 2.42 bits per heavy atom. The molecule has 0 saturated carbocycles. The Kier molecular flexibility index (Phi) is 4.76. The summed E-state index contributed by atoms with van der Waals surface area (Å²) in [5.41, 5.74) is 0. The molecule has 0 aliphatic carbocycles. The van der Waals surface area contributed by atoms with Gasteiger partial charge in [0, 0.05) is 6.42 Å². The van der Waals surface area contributed by atoms with Crippen LogP contribution >= 0.6 is 0 Å². The van der Waals surface area contributed by atoms with E-state index in [0.717, 1.165) is 6.08 Å². The summed E-state index contributed by atoms with van der Waals surface area (Å²) < 4.78 is 0. The summed E-state index contributed by atoms with van der Waals surface area (Å²) in [7, 11) is 0. The fourth-order valence-electron chi connectivity index (χ4n) is 0.570. The smallest absolute Gasteiger partial charge is 0.275 e. The third kappa shape index (κ3) is 5.46. The Hall–Kier alpha value is -1.32. The van der Waals surface area contributed by atoms with Crippen LogP contribution in [0.5, 0.6) is 0 Å². The van der Waals surface area contributed by atoms with Gasteiger partial charge in [-0.05, 0) is 6.42 Å². The fraction of sp³-hybridized carbons (Fsp3) is 0.667. The predicted molar refractivity (Wildman–Crippen MR) is 37.5 cm³/mol. The highest BCUT2D eigenvalue weighted by molar-refractivity contribution is 5.33. The molecule has 0 amide bonds. The number of aliphatic imine (C=N–C) groups is 2. The van der Waals surface area contributed by atoms with Crippen LogP contribution in [0.2, 0.25) is 0 Å². The minimum atomic E-state index is -2.39. The number of aliphatic hydroxyl groups is 2. The first-order valence-corrected chi connectivity index (χ1v) is 3.20. The summed E-state index contributed by atoms with van der Waals surface area (Å²) in [6.45, 7) is 0.126. The van der Waals surface area contributed by atoms with E-state index in [9.17, 15) is 9.59 Å². The average Bonchev–Trinajstić information content (AvgIpc) is 1.98. The molecule has 0 aromatic heterocycles. The molecule has 6 nitrogen and oxygen atoms in total. The van der Waals surface area contributed by atoms with Crippen molar-refractivity contribution >= 4 is 12.2 Å². The van der Waals surface area contributed by atoms with Gasteiger partial charge in [-0.2, -0.15) is 0 Å². The number of hydrogen-bond donors (Lipinski definition) is 2. The van der Waals surface area contributed by atoms with Crippen LogP contribution in [0.4, 0.5) is 0 Å². The van der Waals surface area contributed by atoms with Gasteiger partial charge < -0.3 is 10.2 Å². The molecule has 0 fully saturated rings. The standard InChI is InChI=1S/C6H8N2O4/c9-4-7-3-1-2-6(11,12)8-5-10/h11-12H,1-3H2. The van der Waals surface area contributed by atoms with Gasteiger partial charge >= 0.3 is 0 Å². The molecule has 0 aliphatic heterocycles. The molecule has 0 aromatic carbocycles. The number of nitrogens with zero attached hydrogens (tertiary/aromatic N) is 2. The molecule has 0 saturated heterocycles. The maximum Gasteiger partial charge on any atom is 0.275 e. The van der Waals surface area contributed by atoms with Gasteiger partial charge in [0.05, 0.1) is 6.54 Å². The van der Waals surface area contributed by atoms with E-state index < -0.39 is 5.91 Å². The molecule has 0 atom stereocenters. The summed E-state index contributed by atoms with van der Waals surface area (Å²) in [5, 5.41) is 17.6. The van der Waals surface area contributed by atoms with E-state index in [1.54, 1.807) is 0 Å². The molecular formula is C6H8N2O4. The monoisotopic (exact) mass is 172 g/mol. The summed E-state index contributed by atoms with van der Waals surface area (Å²) in [6, 6.07) is 0. The zero-order valence-corrected chi connectivity index (χ0v) is 6.23. The molecule has 0 aromatic rings. The molecule has 0 bridgehead atoms. The van der Waals surface area contributed by atoms with Crippen molar-refractivity contribution in [1.82, 2.24) is 0 Å². The second-order valence-electron chi connectivity index (χ2n) is 2.05. The predicted octanol–water partition coefficient (Wildman–Crippen LogP) is -0.923. The van der Waals surface area contributed by atoms with Crippen molar-refractivity contribution in [3.63, 3.8) is 0 Å². The first-order valence-electron chi connectivity index (χ1n) is 3.20. The molecule has 0 rings (SSSR count). The van der Waals surface area contributed by atoms with Crippen molar-refractivity contribution in [2.75, 3.05) is 6.54 Å². The fourth-order valence-corrected chi connectivity index (χ4v) is 0.570. The molecule has 0 heterocycles. The summed E-state index contributed by atoms with van der Waals surface area (Å²) in [4.78, 5) is 25.1. The normalized spacial score (nSPS) is 9.83. The quantitative estimate of drug-likeness (QED) is 0.242. The Balaban J connectivity index is 3.75. The van der Waals surface area contributed by atoms with Crippen LogP contribution in [-0.2, 0) is 9.59 Å². The zero-order valence-electron chi connectivity index (χ0n) is 6.23. The molecule has 0 spiro atoms. The minimum absolute atomic E-state index is 0.126. The maximum atomic E-state index is 9.61. The van der Waals surface area contributed by atoms with Crippen molar-refractivity contribution in [3.8, 4) is 0 Å². The second-order valence-corrected chi connectivity index (χ2v) is 2.05. The molecule has 2 N–H and O–H groups in total. The Bertz CT molecular complexity index is 226. The summed E-state index contributed by atoms with van der Waals surface area (Å²) in [5.74, 6) is -2.39. The minimum Gasteiger partial charge on any atom is -0.347 e. The van der Waals surface area contributed by atoms with Gasteiger partial charge in [0.1, 0.15) is 0 Å². The van der Waals surface area contributed by atoms with Crippen LogP contribution in [0, 0.1) is 0 Å². The van der Waals surface area contributed by atoms with Gasteiger partial charge in [-0.25, -0.2) is 14.6 Å². The van der Waals surface area contributed by atoms with Crippen molar-refractivity contribution in [2.24, 2.45) is 9.98 Å². The van der Waals surface area contributed by atoms with Crippen LogP contribution in [0.25, 0.3) is 0 Å². The van der Waals surface area contributed by atoms with Gasteiger partial charge in [0.2, 0.25) is 12.2 Å². The van der Waals surface area contributed by atoms with Gasteiger partial charge in [-0.15, -0.1) is 4.99 Å². The van der Waals surface area contributed by atoms with E-state index in [1.165, 1.54) is 6.08 Å². The maximum absolute atomic E-state index is 9.61.